The van der Waals surface area contributed by atoms with Crippen LogP contribution in [0.15, 0.2) is 53.4 Å². The molecule has 1 amide bonds. The van der Waals surface area contributed by atoms with Crippen LogP contribution in [0.3, 0.4) is 0 Å². The molecule has 0 fully saturated rings. The molecule has 0 spiro atoms. The van der Waals surface area contributed by atoms with Gasteiger partial charge in [-0.05, 0) is 50.2 Å². The number of nitrogens with one attached hydrogen (secondary N) is 2. The fraction of sp³-hybridized carbons (Fsp3) is 0.250. The van der Waals surface area contributed by atoms with Crippen LogP contribution >= 0.6 is 0 Å². The Hall–Kier alpha value is -3.04. The van der Waals surface area contributed by atoms with Crippen LogP contribution in [0.2, 0.25) is 0 Å². The number of Topliss-reactive ketones (excluding diaryl/α,β-unsaturated/α-hetero) is 1. The third-order valence-electron chi connectivity index (χ3n) is 3.89. The molecule has 0 saturated heterocycles. The van der Waals surface area contributed by atoms with Crippen molar-refractivity contribution < 1.29 is 27.5 Å². The fourth-order valence-electron chi connectivity index (χ4n) is 2.35. The number of sulfonamides is 1. The highest BCUT2D eigenvalue weighted by atomic mass is 32.2. The van der Waals surface area contributed by atoms with Gasteiger partial charge in [-0.25, -0.2) is 8.42 Å². The van der Waals surface area contributed by atoms with Crippen LogP contribution in [0.1, 0.15) is 29.8 Å². The Bertz CT molecular complexity index is 998. The van der Waals surface area contributed by atoms with E-state index in [9.17, 15) is 22.8 Å². The molecule has 8 nitrogen and oxygen atoms in total. The SMILES string of the molecule is CC(=O)Nc1ccc(C(=O)COC(=O)[C@H](C)NS(=O)(=O)c2ccc(C)cc2)cc1. The molecule has 0 heterocycles. The zero-order chi connectivity index (χ0) is 21.6. The summed E-state index contributed by atoms with van der Waals surface area (Å²) in [7, 11) is -3.90. The lowest BCUT2D eigenvalue weighted by molar-refractivity contribution is -0.144. The summed E-state index contributed by atoms with van der Waals surface area (Å²) in [6.45, 7) is 4.00. The second-order valence-corrected chi connectivity index (χ2v) is 8.16. The average molecular weight is 418 g/mol. The summed E-state index contributed by atoms with van der Waals surface area (Å²) in [6, 6.07) is 11.1. The lowest BCUT2D eigenvalue weighted by Crippen LogP contribution is -2.40. The molecule has 2 aromatic rings. The Labute approximate surface area is 169 Å². The number of carbonyl (C=O) groups excluding carboxylic acids is 3. The Morgan fingerprint density at radius 1 is 1.00 bits per heavy atom. The summed E-state index contributed by atoms with van der Waals surface area (Å²) in [4.78, 5) is 35.2. The summed E-state index contributed by atoms with van der Waals surface area (Å²) in [5.74, 6) is -1.56. The van der Waals surface area contributed by atoms with Gasteiger partial charge in [-0.1, -0.05) is 17.7 Å². The van der Waals surface area contributed by atoms with Crippen molar-refractivity contribution in [2.75, 3.05) is 11.9 Å². The summed E-state index contributed by atoms with van der Waals surface area (Å²) in [6.07, 6.45) is 0. The molecule has 0 saturated carbocycles. The van der Waals surface area contributed by atoms with Gasteiger partial charge in [-0.3, -0.25) is 14.4 Å². The first-order valence-electron chi connectivity index (χ1n) is 8.75. The highest BCUT2D eigenvalue weighted by molar-refractivity contribution is 7.89. The topological polar surface area (TPSA) is 119 Å². The van der Waals surface area contributed by atoms with Gasteiger partial charge in [0.2, 0.25) is 15.9 Å². The molecule has 154 valence electrons. The first-order valence-corrected chi connectivity index (χ1v) is 10.2. The number of ketones is 1. The number of aryl methyl sites for hydroxylation is 1. The molecule has 0 aliphatic carbocycles. The molecule has 0 unspecified atom stereocenters. The Kier molecular flexibility index (Phi) is 7.24. The first-order chi connectivity index (χ1) is 13.6. The van der Waals surface area contributed by atoms with Crippen molar-refractivity contribution >= 4 is 33.4 Å². The largest absolute Gasteiger partial charge is 0.456 e. The van der Waals surface area contributed by atoms with Crippen LogP contribution in [-0.4, -0.2) is 38.7 Å². The predicted molar refractivity (Wildman–Crippen MR) is 107 cm³/mol. The Morgan fingerprint density at radius 3 is 2.14 bits per heavy atom. The minimum absolute atomic E-state index is 0.0260. The van der Waals surface area contributed by atoms with Crippen LogP contribution in [0.5, 0.6) is 0 Å². The van der Waals surface area contributed by atoms with Crippen molar-refractivity contribution in [1.29, 1.82) is 0 Å². The highest BCUT2D eigenvalue weighted by Crippen LogP contribution is 2.12. The van der Waals surface area contributed by atoms with Crippen molar-refractivity contribution in [3.05, 3.63) is 59.7 Å². The normalized spacial score (nSPS) is 12.1. The minimum atomic E-state index is -3.90. The van der Waals surface area contributed by atoms with Gasteiger partial charge in [-0.15, -0.1) is 0 Å². The molecule has 1 atom stereocenters. The fourth-order valence-corrected chi connectivity index (χ4v) is 3.55. The van der Waals surface area contributed by atoms with Crippen molar-refractivity contribution in [2.24, 2.45) is 0 Å². The lowest BCUT2D eigenvalue weighted by atomic mass is 10.1. The molecule has 29 heavy (non-hydrogen) atoms. The van der Waals surface area contributed by atoms with Gasteiger partial charge in [0.05, 0.1) is 4.90 Å². The standard InChI is InChI=1S/C20H22N2O6S/c1-13-4-10-18(11-5-13)29(26,27)22-14(2)20(25)28-12-19(24)16-6-8-17(9-7-16)21-15(3)23/h4-11,14,22H,12H2,1-3H3,(H,21,23)/t14-/m0/s1. The summed E-state index contributed by atoms with van der Waals surface area (Å²) < 4.78 is 31.8. The van der Waals surface area contributed by atoms with Crippen molar-refractivity contribution in [3.63, 3.8) is 0 Å². The smallest absolute Gasteiger partial charge is 0.324 e. The van der Waals surface area contributed by atoms with Crippen molar-refractivity contribution in [1.82, 2.24) is 4.72 Å². The molecule has 2 N–H and O–H groups in total. The van der Waals surface area contributed by atoms with Crippen molar-refractivity contribution in [2.45, 2.75) is 31.7 Å². The first kappa shape index (κ1) is 22.3. The molecule has 9 heteroatoms. The lowest BCUT2D eigenvalue weighted by Gasteiger charge is -2.14. The maximum Gasteiger partial charge on any atom is 0.324 e. The third-order valence-corrected chi connectivity index (χ3v) is 5.45. The van der Waals surface area contributed by atoms with Gasteiger partial charge in [0, 0.05) is 18.2 Å². The molecule has 2 rings (SSSR count). The number of carbonyl (C=O) groups is 3. The number of ether oxygens (including phenoxy) is 1. The van der Waals surface area contributed by atoms with Crippen LogP contribution < -0.4 is 10.0 Å². The number of hydrogen-bond acceptors (Lipinski definition) is 6. The summed E-state index contributed by atoms with van der Waals surface area (Å²) in [5, 5.41) is 2.57. The molecule has 0 bridgehead atoms. The van der Waals surface area contributed by atoms with E-state index in [0.29, 0.717) is 11.3 Å². The molecule has 0 aliphatic rings. The van der Waals surface area contributed by atoms with Gasteiger partial charge in [0.1, 0.15) is 6.04 Å². The number of rotatable bonds is 8. The molecule has 0 aliphatic heterocycles. The maximum absolute atomic E-state index is 12.3. The Balaban J connectivity index is 1.91. The highest BCUT2D eigenvalue weighted by Gasteiger charge is 2.23. The van der Waals surface area contributed by atoms with Crippen LogP contribution in [-0.2, 0) is 24.3 Å². The molecule has 0 aromatic heterocycles. The molecule has 2 aromatic carbocycles. The molecular weight excluding hydrogens is 396 g/mol. The van der Waals surface area contributed by atoms with Crippen LogP contribution in [0.25, 0.3) is 0 Å². The van der Waals surface area contributed by atoms with Gasteiger partial charge in [0.15, 0.2) is 12.4 Å². The van der Waals surface area contributed by atoms with E-state index in [0.717, 1.165) is 5.56 Å². The van der Waals surface area contributed by atoms with E-state index >= 15 is 0 Å². The van der Waals surface area contributed by atoms with E-state index in [2.05, 4.69) is 10.0 Å². The van der Waals surface area contributed by atoms with E-state index in [1.54, 1.807) is 24.3 Å². The monoisotopic (exact) mass is 418 g/mol. The average Bonchev–Trinajstić information content (AvgIpc) is 2.66. The summed E-state index contributed by atoms with van der Waals surface area (Å²) >= 11 is 0. The van der Waals surface area contributed by atoms with Gasteiger partial charge in [0.25, 0.3) is 0 Å². The number of amides is 1. The predicted octanol–water partition coefficient (Wildman–Crippen LogP) is 2.05. The van der Waals surface area contributed by atoms with Gasteiger partial charge in [-0.2, -0.15) is 4.72 Å². The van der Waals surface area contributed by atoms with Gasteiger partial charge >= 0.3 is 5.97 Å². The van der Waals surface area contributed by atoms with E-state index in [1.165, 1.54) is 38.1 Å². The minimum Gasteiger partial charge on any atom is -0.456 e. The maximum atomic E-state index is 12.3. The zero-order valence-corrected chi connectivity index (χ0v) is 17.1. The quantitative estimate of drug-likeness (QED) is 0.500. The molecular formula is C20H22N2O6S. The third kappa shape index (κ3) is 6.51. The number of anilines is 1. The van der Waals surface area contributed by atoms with E-state index in [4.69, 9.17) is 4.74 Å². The zero-order valence-electron chi connectivity index (χ0n) is 16.3. The second-order valence-electron chi connectivity index (χ2n) is 6.45. The second kappa shape index (κ2) is 9.44. The number of hydrogen-bond donors (Lipinski definition) is 2. The van der Waals surface area contributed by atoms with E-state index in [-0.39, 0.29) is 10.8 Å². The van der Waals surface area contributed by atoms with Gasteiger partial charge < -0.3 is 10.1 Å². The van der Waals surface area contributed by atoms with Crippen LogP contribution in [0.4, 0.5) is 5.69 Å². The van der Waals surface area contributed by atoms with E-state index in [1.807, 2.05) is 6.92 Å². The van der Waals surface area contributed by atoms with Crippen LogP contribution in [0, 0.1) is 6.92 Å². The number of benzene rings is 2. The van der Waals surface area contributed by atoms with E-state index < -0.39 is 34.4 Å². The van der Waals surface area contributed by atoms with Crippen molar-refractivity contribution in [3.8, 4) is 0 Å². The summed E-state index contributed by atoms with van der Waals surface area (Å²) in [5.41, 5.74) is 1.73. The Morgan fingerprint density at radius 2 is 1.59 bits per heavy atom. The molecule has 0 radical (unpaired) electrons. The number of esters is 1.